The number of nitrogens with one attached hydrogen (secondary N) is 1. The highest BCUT2D eigenvalue weighted by atomic mass is 16.5. The third-order valence-corrected chi connectivity index (χ3v) is 4.27. The topological polar surface area (TPSA) is 85.8 Å². The zero-order chi connectivity index (χ0) is 16.5. The van der Waals surface area contributed by atoms with Crippen LogP contribution in [0.2, 0.25) is 0 Å². The Morgan fingerprint density at radius 2 is 2.12 bits per heavy atom. The van der Waals surface area contributed by atoms with Gasteiger partial charge in [-0.05, 0) is 13.3 Å². The molecule has 3 aromatic rings. The Bertz CT molecular complexity index is 868. The first-order chi connectivity index (χ1) is 11.7. The maximum absolute atomic E-state index is 12.4. The molecule has 2 aromatic heterocycles. The van der Waals surface area contributed by atoms with Gasteiger partial charge in [0.15, 0.2) is 0 Å². The molecular formula is C17H17N5O2. The van der Waals surface area contributed by atoms with Gasteiger partial charge in [-0.25, -0.2) is 0 Å². The highest BCUT2D eigenvalue weighted by molar-refractivity contribution is 5.92. The SMILES string of the molecule is Cc1nnc2n1C[C@H](NC(=O)c1cc(-c3ccccc3)no1)CC2. The summed E-state index contributed by atoms with van der Waals surface area (Å²) in [6, 6.07) is 11.3. The molecule has 7 heteroatoms. The third kappa shape index (κ3) is 2.68. The van der Waals surface area contributed by atoms with Crippen LogP contribution < -0.4 is 5.32 Å². The first-order valence-corrected chi connectivity index (χ1v) is 7.92. The molecule has 0 saturated carbocycles. The van der Waals surface area contributed by atoms with Crippen molar-refractivity contribution in [2.24, 2.45) is 0 Å². The molecule has 0 bridgehead atoms. The lowest BCUT2D eigenvalue weighted by Gasteiger charge is -2.24. The third-order valence-electron chi connectivity index (χ3n) is 4.27. The first kappa shape index (κ1) is 14.6. The molecule has 0 unspecified atom stereocenters. The van der Waals surface area contributed by atoms with E-state index in [9.17, 15) is 4.79 Å². The number of rotatable bonds is 3. The predicted molar refractivity (Wildman–Crippen MR) is 86.3 cm³/mol. The van der Waals surface area contributed by atoms with Crippen molar-refractivity contribution >= 4 is 5.91 Å². The number of fused-ring (bicyclic) bond motifs is 1. The maximum atomic E-state index is 12.4. The number of aromatic nitrogens is 4. The molecule has 122 valence electrons. The summed E-state index contributed by atoms with van der Waals surface area (Å²) in [4.78, 5) is 12.4. The van der Waals surface area contributed by atoms with Gasteiger partial charge in [-0.15, -0.1) is 10.2 Å². The Kier molecular flexibility index (Phi) is 3.60. The number of amides is 1. The molecule has 0 spiro atoms. The van der Waals surface area contributed by atoms with Crippen LogP contribution in [-0.2, 0) is 13.0 Å². The summed E-state index contributed by atoms with van der Waals surface area (Å²) < 4.78 is 7.25. The molecule has 3 heterocycles. The predicted octanol–water partition coefficient (Wildman–Crippen LogP) is 1.99. The maximum Gasteiger partial charge on any atom is 0.290 e. The van der Waals surface area contributed by atoms with Gasteiger partial charge < -0.3 is 14.4 Å². The standard InChI is InChI=1S/C17H17N5O2/c1-11-19-20-16-8-7-13(10-22(11)16)18-17(23)15-9-14(21-24-15)12-5-3-2-4-6-12/h2-6,9,13H,7-8,10H2,1H3,(H,18,23)/t13-/m1/s1. The Morgan fingerprint density at radius 1 is 1.29 bits per heavy atom. The van der Waals surface area contributed by atoms with Gasteiger partial charge in [-0.2, -0.15) is 0 Å². The van der Waals surface area contributed by atoms with Crippen molar-refractivity contribution in [3.8, 4) is 11.3 Å². The highest BCUT2D eigenvalue weighted by Gasteiger charge is 2.24. The normalized spacial score (nSPS) is 16.6. The summed E-state index contributed by atoms with van der Waals surface area (Å²) in [5.74, 6) is 1.82. The fourth-order valence-corrected chi connectivity index (χ4v) is 2.96. The summed E-state index contributed by atoms with van der Waals surface area (Å²) in [5, 5.41) is 15.2. The fourth-order valence-electron chi connectivity index (χ4n) is 2.96. The van der Waals surface area contributed by atoms with Crippen molar-refractivity contribution in [2.75, 3.05) is 0 Å². The van der Waals surface area contributed by atoms with Gasteiger partial charge in [-0.3, -0.25) is 4.79 Å². The Balaban J connectivity index is 1.46. The van der Waals surface area contributed by atoms with Crippen LogP contribution in [0, 0.1) is 6.92 Å². The minimum Gasteiger partial charge on any atom is -0.350 e. The molecular weight excluding hydrogens is 306 g/mol. The second-order valence-electron chi connectivity index (χ2n) is 5.93. The number of nitrogens with zero attached hydrogens (tertiary/aromatic N) is 4. The molecule has 1 amide bonds. The van der Waals surface area contributed by atoms with E-state index in [0.717, 1.165) is 30.1 Å². The molecule has 24 heavy (non-hydrogen) atoms. The number of carbonyl (C=O) groups excluding carboxylic acids is 1. The molecule has 1 N–H and O–H groups in total. The van der Waals surface area contributed by atoms with E-state index < -0.39 is 0 Å². The van der Waals surface area contributed by atoms with Crippen molar-refractivity contribution in [3.05, 3.63) is 53.8 Å². The molecule has 4 rings (SSSR count). The minimum atomic E-state index is -0.246. The van der Waals surface area contributed by atoms with E-state index in [2.05, 4.69) is 20.7 Å². The largest absolute Gasteiger partial charge is 0.350 e. The summed E-state index contributed by atoms with van der Waals surface area (Å²) in [6.07, 6.45) is 1.64. The van der Waals surface area contributed by atoms with Gasteiger partial charge in [-0.1, -0.05) is 35.5 Å². The van der Waals surface area contributed by atoms with Crippen LogP contribution in [0.15, 0.2) is 40.9 Å². The Labute approximate surface area is 138 Å². The van der Waals surface area contributed by atoms with E-state index in [4.69, 9.17) is 4.52 Å². The summed E-state index contributed by atoms with van der Waals surface area (Å²) in [7, 11) is 0. The minimum absolute atomic E-state index is 0.0324. The van der Waals surface area contributed by atoms with Crippen LogP contribution in [-0.4, -0.2) is 31.9 Å². The zero-order valence-electron chi connectivity index (χ0n) is 13.3. The van der Waals surface area contributed by atoms with Crippen molar-refractivity contribution in [3.63, 3.8) is 0 Å². The molecule has 0 saturated heterocycles. The lowest BCUT2D eigenvalue weighted by atomic mass is 10.1. The average Bonchev–Trinajstić information content (AvgIpc) is 3.24. The van der Waals surface area contributed by atoms with Gasteiger partial charge in [0.25, 0.3) is 5.91 Å². The van der Waals surface area contributed by atoms with E-state index >= 15 is 0 Å². The van der Waals surface area contributed by atoms with E-state index in [1.54, 1.807) is 6.07 Å². The van der Waals surface area contributed by atoms with Crippen molar-refractivity contribution < 1.29 is 9.32 Å². The van der Waals surface area contributed by atoms with Gasteiger partial charge in [0.05, 0.1) is 0 Å². The van der Waals surface area contributed by atoms with Crippen LogP contribution in [0.1, 0.15) is 28.6 Å². The van der Waals surface area contributed by atoms with Crippen LogP contribution in [0.5, 0.6) is 0 Å². The highest BCUT2D eigenvalue weighted by Crippen LogP contribution is 2.19. The quantitative estimate of drug-likeness (QED) is 0.796. The van der Waals surface area contributed by atoms with Gasteiger partial charge >= 0.3 is 0 Å². The molecule has 1 aromatic carbocycles. The van der Waals surface area contributed by atoms with E-state index in [0.29, 0.717) is 12.2 Å². The van der Waals surface area contributed by atoms with E-state index in [-0.39, 0.29) is 17.7 Å². The number of aryl methyl sites for hydroxylation is 2. The molecule has 0 radical (unpaired) electrons. The number of carbonyl (C=O) groups is 1. The van der Waals surface area contributed by atoms with Crippen molar-refractivity contribution in [1.82, 2.24) is 25.2 Å². The first-order valence-electron chi connectivity index (χ1n) is 7.92. The van der Waals surface area contributed by atoms with Crippen LogP contribution >= 0.6 is 0 Å². The molecule has 0 fully saturated rings. The molecule has 1 atom stereocenters. The molecule has 0 aliphatic carbocycles. The van der Waals surface area contributed by atoms with Crippen LogP contribution in [0.25, 0.3) is 11.3 Å². The second kappa shape index (κ2) is 5.92. The van der Waals surface area contributed by atoms with Crippen molar-refractivity contribution in [1.29, 1.82) is 0 Å². The zero-order valence-corrected chi connectivity index (χ0v) is 13.3. The lowest BCUT2D eigenvalue weighted by Crippen LogP contribution is -2.41. The van der Waals surface area contributed by atoms with Crippen LogP contribution in [0.4, 0.5) is 0 Å². The summed E-state index contributed by atoms with van der Waals surface area (Å²) in [5.41, 5.74) is 1.57. The number of hydrogen-bond acceptors (Lipinski definition) is 5. The average molecular weight is 323 g/mol. The van der Waals surface area contributed by atoms with E-state index in [1.165, 1.54) is 0 Å². The van der Waals surface area contributed by atoms with Crippen LogP contribution in [0.3, 0.4) is 0 Å². The summed E-state index contributed by atoms with van der Waals surface area (Å²) >= 11 is 0. The molecule has 1 aliphatic heterocycles. The molecule has 7 nitrogen and oxygen atoms in total. The lowest BCUT2D eigenvalue weighted by molar-refractivity contribution is 0.0890. The van der Waals surface area contributed by atoms with Gasteiger partial charge in [0.2, 0.25) is 5.76 Å². The van der Waals surface area contributed by atoms with Gasteiger partial charge in [0.1, 0.15) is 17.3 Å². The fraction of sp³-hybridized carbons (Fsp3) is 0.294. The Hall–Kier alpha value is -2.96. The monoisotopic (exact) mass is 323 g/mol. The second-order valence-corrected chi connectivity index (χ2v) is 5.93. The smallest absolute Gasteiger partial charge is 0.290 e. The Morgan fingerprint density at radius 3 is 2.96 bits per heavy atom. The number of hydrogen-bond donors (Lipinski definition) is 1. The van der Waals surface area contributed by atoms with E-state index in [1.807, 2.05) is 41.8 Å². The van der Waals surface area contributed by atoms with Gasteiger partial charge in [0, 0.05) is 30.6 Å². The summed E-state index contributed by atoms with van der Waals surface area (Å²) in [6.45, 7) is 2.60. The molecule has 1 aliphatic rings. The number of benzene rings is 1. The van der Waals surface area contributed by atoms with Crippen molar-refractivity contribution in [2.45, 2.75) is 32.4 Å².